The molecule has 152 valence electrons. The first-order chi connectivity index (χ1) is 15.0. The van der Waals surface area contributed by atoms with Crippen LogP contribution in [0.3, 0.4) is 0 Å². The fourth-order valence-corrected chi connectivity index (χ4v) is 3.79. The van der Waals surface area contributed by atoms with Crippen molar-refractivity contribution in [3.8, 4) is 0 Å². The van der Waals surface area contributed by atoms with Crippen LogP contribution in [-0.2, 0) is 9.59 Å². The molecule has 1 aliphatic heterocycles. The van der Waals surface area contributed by atoms with Gasteiger partial charge in [-0.25, -0.2) is 4.98 Å². The number of imidazole rings is 1. The molecule has 31 heavy (non-hydrogen) atoms. The zero-order valence-corrected chi connectivity index (χ0v) is 16.5. The van der Waals surface area contributed by atoms with Gasteiger partial charge in [0.2, 0.25) is 5.95 Å². The summed E-state index contributed by atoms with van der Waals surface area (Å²) in [6, 6.07) is 11.4. The molecule has 5 rings (SSSR count). The van der Waals surface area contributed by atoms with Gasteiger partial charge in [0.15, 0.2) is 0 Å². The van der Waals surface area contributed by atoms with Crippen LogP contribution in [0.2, 0.25) is 0 Å². The minimum atomic E-state index is -0.886. The fraction of sp³-hybridized carbons (Fsp3) is 0.0870. The third kappa shape index (κ3) is 3.05. The number of nitrogens with zero attached hydrogens (tertiary/aromatic N) is 4. The second-order valence-corrected chi connectivity index (χ2v) is 7.27. The van der Waals surface area contributed by atoms with Gasteiger partial charge in [-0.1, -0.05) is 12.1 Å². The molecule has 0 radical (unpaired) electrons. The first kappa shape index (κ1) is 18.7. The van der Waals surface area contributed by atoms with Crippen molar-refractivity contribution >= 4 is 34.4 Å². The van der Waals surface area contributed by atoms with Crippen molar-refractivity contribution in [1.82, 2.24) is 19.9 Å². The molecule has 2 N–H and O–H groups in total. The van der Waals surface area contributed by atoms with Gasteiger partial charge in [0.25, 0.3) is 5.78 Å². The predicted molar refractivity (Wildman–Crippen MR) is 114 cm³/mol. The fourth-order valence-electron chi connectivity index (χ4n) is 3.79. The SMILES string of the molecule is Cc1ccc2nc(N3C(=O)C(=O)/C(=C(/O)c4ccncc4)C3c3cccnc3)[nH]c2c1. The van der Waals surface area contributed by atoms with E-state index in [-0.39, 0.29) is 17.3 Å². The second-order valence-electron chi connectivity index (χ2n) is 7.27. The number of carbonyl (C=O) groups excluding carboxylic acids is 2. The number of hydrogen-bond donors (Lipinski definition) is 2. The van der Waals surface area contributed by atoms with Crippen molar-refractivity contribution in [2.75, 3.05) is 4.90 Å². The van der Waals surface area contributed by atoms with Crippen LogP contribution in [0.4, 0.5) is 5.95 Å². The number of Topliss-reactive ketones (excluding diaryl/α,β-unsaturated/α-hetero) is 1. The number of hydrogen-bond acceptors (Lipinski definition) is 6. The number of benzene rings is 1. The third-order valence-corrected chi connectivity index (χ3v) is 5.25. The van der Waals surface area contributed by atoms with Crippen LogP contribution in [0.15, 0.2) is 72.8 Å². The number of aromatic nitrogens is 4. The van der Waals surface area contributed by atoms with Crippen molar-refractivity contribution in [2.24, 2.45) is 0 Å². The molecular weight excluding hydrogens is 394 g/mol. The number of anilines is 1. The number of aromatic amines is 1. The lowest BCUT2D eigenvalue weighted by Crippen LogP contribution is -2.30. The van der Waals surface area contributed by atoms with E-state index in [4.69, 9.17) is 0 Å². The van der Waals surface area contributed by atoms with E-state index in [9.17, 15) is 14.7 Å². The van der Waals surface area contributed by atoms with E-state index in [0.29, 0.717) is 16.6 Å². The van der Waals surface area contributed by atoms with Crippen molar-refractivity contribution in [2.45, 2.75) is 13.0 Å². The number of fused-ring (bicyclic) bond motifs is 1. The molecule has 0 spiro atoms. The Morgan fingerprint density at radius 1 is 1.06 bits per heavy atom. The molecule has 1 atom stereocenters. The van der Waals surface area contributed by atoms with Crippen molar-refractivity contribution in [1.29, 1.82) is 0 Å². The Morgan fingerprint density at radius 3 is 2.61 bits per heavy atom. The Balaban J connectivity index is 1.73. The molecule has 1 fully saturated rings. The molecule has 4 heterocycles. The van der Waals surface area contributed by atoms with Crippen molar-refractivity contribution in [3.05, 3.63) is 89.5 Å². The molecule has 4 aromatic rings. The molecule has 1 amide bonds. The van der Waals surface area contributed by atoms with Crippen LogP contribution < -0.4 is 4.90 Å². The highest BCUT2D eigenvalue weighted by Crippen LogP contribution is 2.41. The maximum atomic E-state index is 13.1. The molecule has 8 nitrogen and oxygen atoms in total. The van der Waals surface area contributed by atoms with Crippen LogP contribution in [0.25, 0.3) is 16.8 Å². The minimum Gasteiger partial charge on any atom is -0.507 e. The lowest BCUT2D eigenvalue weighted by Gasteiger charge is -2.22. The normalized spacial score (nSPS) is 18.1. The maximum Gasteiger partial charge on any atom is 0.302 e. The van der Waals surface area contributed by atoms with E-state index in [1.807, 2.05) is 25.1 Å². The van der Waals surface area contributed by atoms with Gasteiger partial charge in [-0.3, -0.25) is 24.5 Å². The number of aliphatic hydroxyl groups is 1. The number of ketones is 1. The van der Waals surface area contributed by atoms with Gasteiger partial charge in [-0.2, -0.15) is 0 Å². The summed E-state index contributed by atoms with van der Waals surface area (Å²) < 4.78 is 0. The summed E-state index contributed by atoms with van der Waals surface area (Å²) in [7, 11) is 0. The van der Waals surface area contributed by atoms with Crippen molar-refractivity contribution in [3.63, 3.8) is 0 Å². The van der Waals surface area contributed by atoms with Crippen LogP contribution >= 0.6 is 0 Å². The highest BCUT2D eigenvalue weighted by molar-refractivity contribution is 6.51. The molecule has 3 aromatic heterocycles. The summed E-state index contributed by atoms with van der Waals surface area (Å²) >= 11 is 0. The summed E-state index contributed by atoms with van der Waals surface area (Å²) in [4.78, 5) is 43.2. The van der Waals surface area contributed by atoms with Gasteiger partial charge in [-0.05, 0) is 48.4 Å². The average Bonchev–Trinajstić information content (AvgIpc) is 3.32. The molecule has 1 aromatic carbocycles. The first-order valence-electron chi connectivity index (χ1n) is 9.62. The van der Waals surface area contributed by atoms with E-state index in [2.05, 4.69) is 19.9 Å². The molecule has 1 aliphatic rings. The third-order valence-electron chi connectivity index (χ3n) is 5.25. The van der Waals surface area contributed by atoms with Crippen molar-refractivity contribution < 1.29 is 14.7 Å². The Labute approximate surface area is 176 Å². The van der Waals surface area contributed by atoms with Gasteiger partial charge in [0.1, 0.15) is 5.76 Å². The number of amides is 1. The van der Waals surface area contributed by atoms with Gasteiger partial charge in [0, 0.05) is 30.4 Å². The summed E-state index contributed by atoms with van der Waals surface area (Å²) in [6.07, 6.45) is 6.18. The molecule has 0 bridgehead atoms. The molecule has 1 saturated heterocycles. The standard InChI is InChI=1S/C23H17N5O3/c1-13-4-5-16-17(11-13)27-23(26-16)28-19(15-3-2-8-25-12-15)18(21(30)22(28)31)20(29)14-6-9-24-10-7-14/h2-12,19,29H,1H3,(H,26,27)/b20-18+. The Hall–Kier alpha value is -4.33. The Morgan fingerprint density at radius 2 is 1.87 bits per heavy atom. The lowest BCUT2D eigenvalue weighted by molar-refractivity contribution is -0.132. The number of nitrogens with one attached hydrogen (secondary N) is 1. The molecule has 0 aliphatic carbocycles. The van der Waals surface area contributed by atoms with Crippen LogP contribution in [0, 0.1) is 6.92 Å². The minimum absolute atomic E-state index is 0.0270. The Bertz CT molecular complexity index is 1350. The highest BCUT2D eigenvalue weighted by Gasteiger charge is 2.48. The largest absolute Gasteiger partial charge is 0.507 e. The van der Waals surface area contributed by atoms with E-state index in [0.717, 1.165) is 11.1 Å². The van der Waals surface area contributed by atoms with E-state index < -0.39 is 17.7 Å². The van der Waals surface area contributed by atoms with Crippen LogP contribution in [-0.4, -0.2) is 36.7 Å². The van der Waals surface area contributed by atoms with E-state index >= 15 is 0 Å². The quantitative estimate of drug-likeness (QED) is 0.304. The molecule has 1 unspecified atom stereocenters. The second kappa shape index (κ2) is 7.17. The molecule has 0 saturated carbocycles. The van der Waals surface area contributed by atoms with E-state index in [1.165, 1.54) is 17.3 Å². The monoisotopic (exact) mass is 411 g/mol. The highest BCUT2D eigenvalue weighted by atomic mass is 16.3. The predicted octanol–water partition coefficient (Wildman–Crippen LogP) is 3.29. The molecule has 8 heteroatoms. The zero-order chi connectivity index (χ0) is 21.5. The maximum absolute atomic E-state index is 13.1. The van der Waals surface area contributed by atoms with Gasteiger partial charge >= 0.3 is 5.91 Å². The number of rotatable bonds is 3. The number of aryl methyl sites for hydroxylation is 1. The van der Waals surface area contributed by atoms with Gasteiger partial charge < -0.3 is 10.1 Å². The van der Waals surface area contributed by atoms with Crippen LogP contribution in [0.5, 0.6) is 0 Å². The topological polar surface area (TPSA) is 112 Å². The molecular formula is C23H17N5O3. The summed E-state index contributed by atoms with van der Waals surface area (Å²) in [5.74, 6) is -1.62. The summed E-state index contributed by atoms with van der Waals surface area (Å²) in [6.45, 7) is 1.95. The smallest absolute Gasteiger partial charge is 0.302 e. The zero-order valence-electron chi connectivity index (χ0n) is 16.5. The number of carbonyl (C=O) groups is 2. The first-order valence-corrected chi connectivity index (χ1v) is 9.62. The van der Waals surface area contributed by atoms with Gasteiger partial charge in [-0.15, -0.1) is 0 Å². The van der Waals surface area contributed by atoms with E-state index in [1.54, 1.807) is 36.7 Å². The Kier molecular flexibility index (Phi) is 4.32. The summed E-state index contributed by atoms with van der Waals surface area (Å²) in [5.41, 5.74) is 3.39. The number of pyridine rings is 2. The van der Waals surface area contributed by atoms with Gasteiger partial charge in [0.05, 0.1) is 22.6 Å². The number of H-pyrrole nitrogens is 1. The number of aliphatic hydroxyl groups excluding tert-OH is 1. The lowest BCUT2D eigenvalue weighted by atomic mass is 9.97. The average molecular weight is 411 g/mol. The van der Waals surface area contributed by atoms with Crippen LogP contribution in [0.1, 0.15) is 22.7 Å². The summed E-state index contributed by atoms with van der Waals surface area (Å²) in [5, 5.41) is 11.0.